The molecular formula is C20H28BrNOS. The molecule has 0 radical (unpaired) electrons. The molecule has 1 N–H and O–H groups in total. The first-order chi connectivity index (χ1) is 11.6. The Kier molecular flexibility index (Phi) is 10.2. The van der Waals surface area contributed by atoms with Crippen LogP contribution in [0, 0.1) is 6.92 Å². The quantitative estimate of drug-likeness (QED) is 0.635. The Balaban J connectivity index is 0.000000218. The highest BCUT2D eigenvalue weighted by Gasteiger charge is 2.12. The fourth-order valence-electron chi connectivity index (χ4n) is 2.62. The number of halogens is 1. The fourth-order valence-corrected chi connectivity index (χ4v) is 4.17. The van der Waals surface area contributed by atoms with Crippen molar-refractivity contribution in [3.05, 3.63) is 55.2 Å². The lowest BCUT2D eigenvalue weighted by Crippen LogP contribution is -2.06. The van der Waals surface area contributed by atoms with E-state index < -0.39 is 0 Å². The number of nitrogens with one attached hydrogen (secondary N) is 1. The highest BCUT2D eigenvalue weighted by atomic mass is 79.9. The Labute approximate surface area is 158 Å². The van der Waals surface area contributed by atoms with Crippen LogP contribution in [0.2, 0.25) is 0 Å². The largest absolute Gasteiger partial charge is 0.316 e. The number of hydrogen-bond donors (Lipinski definition) is 1. The molecule has 2 aromatic rings. The van der Waals surface area contributed by atoms with Gasteiger partial charge >= 0.3 is 0 Å². The second-order valence-corrected chi connectivity index (χ2v) is 7.61. The van der Waals surface area contributed by atoms with Crippen LogP contribution in [0.3, 0.4) is 0 Å². The van der Waals surface area contributed by atoms with Gasteiger partial charge in [-0.25, -0.2) is 0 Å². The van der Waals surface area contributed by atoms with E-state index in [2.05, 4.69) is 46.4 Å². The van der Waals surface area contributed by atoms with Crippen LogP contribution in [0.15, 0.2) is 28.7 Å². The summed E-state index contributed by atoms with van der Waals surface area (Å²) in [7, 11) is 1.96. The lowest BCUT2D eigenvalue weighted by Gasteiger charge is -2.08. The van der Waals surface area contributed by atoms with Gasteiger partial charge in [0.15, 0.2) is 6.29 Å². The molecular weight excluding hydrogens is 382 g/mol. The predicted octanol–water partition coefficient (Wildman–Crippen LogP) is 5.94. The minimum Gasteiger partial charge on any atom is -0.316 e. The van der Waals surface area contributed by atoms with Crippen LogP contribution in [-0.4, -0.2) is 13.3 Å². The molecule has 0 atom stereocenters. The summed E-state index contributed by atoms with van der Waals surface area (Å²) in [5.41, 5.74) is 4.10. The summed E-state index contributed by atoms with van der Waals surface area (Å²) in [4.78, 5) is 12.8. The molecule has 1 aliphatic carbocycles. The van der Waals surface area contributed by atoms with Gasteiger partial charge in [-0.15, -0.1) is 11.3 Å². The first-order valence-electron chi connectivity index (χ1n) is 8.60. The number of hydrogen-bond acceptors (Lipinski definition) is 3. The Morgan fingerprint density at radius 1 is 1.21 bits per heavy atom. The van der Waals surface area contributed by atoms with E-state index in [1.54, 1.807) is 11.3 Å². The summed E-state index contributed by atoms with van der Waals surface area (Å²) in [5.74, 6) is 0. The van der Waals surface area contributed by atoms with Crippen LogP contribution in [0.5, 0.6) is 0 Å². The van der Waals surface area contributed by atoms with Crippen LogP contribution < -0.4 is 5.32 Å². The monoisotopic (exact) mass is 409 g/mol. The van der Waals surface area contributed by atoms with Crippen molar-refractivity contribution < 1.29 is 4.79 Å². The minimum atomic E-state index is 0.900. The number of rotatable bonds is 3. The van der Waals surface area contributed by atoms with Crippen molar-refractivity contribution in [2.75, 3.05) is 7.05 Å². The van der Waals surface area contributed by atoms with E-state index in [1.807, 2.05) is 27.0 Å². The Morgan fingerprint density at radius 2 is 1.92 bits per heavy atom. The van der Waals surface area contributed by atoms with Crippen molar-refractivity contribution >= 4 is 33.6 Å². The maximum Gasteiger partial charge on any atom is 0.160 e. The van der Waals surface area contributed by atoms with Gasteiger partial charge in [-0.2, -0.15) is 0 Å². The molecule has 1 heterocycles. The summed E-state index contributed by atoms with van der Waals surface area (Å²) in [6.45, 7) is 7.07. The van der Waals surface area contributed by atoms with Gasteiger partial charge in [0.25, 0.3) is 0 Å². The second kappa shape index (κ2) is 11.6. The molecule has 0 unspecified atom stereocenters. The van der Waals surface area contributed by atoms with Crippen molar-refractivity contribution in [2.24, 2.45) is 0 Å². The average molecular weight is 410 g/mol. The standard InChI is InChI=1S/C9H12BrN.C9H10OS.C2H6/c1-7-5-9(10)4-3-8(7)6-11-2;10-6-8-5-7-3-1-2-4-9(7)11-8;1-2/h3-5,11H,6H2,1-2H3;5-6H,1-4H2;1-2H3. The normalized spacial score (nSPS) is 12.2. The lowest BCUT2D eigenvalue weighted by atomic mass is 9.99. The molecule has 1 aromatic heterocycles. The van der Waals surface area contributed by atoms with Gasteiger partial charge in [0.05, 0.1) is 4.88 Å². The summed E-state index contributed by atoms with van der Waals surface area (Å²) in [6, 6.07) is 8.38. The number of thiophene rings is 1. The molecule has 2 nitrogen and oxygen atoms in total. The summed E-state index contributed by atoms with van der Waals surface area (Å²) < 4.78 is 1.15. The van der Waals surface area contributed by atoms with Crippen molar-refractivity contribution in [1.82, 2.24) is 5.32 Å². The maximum absolute atomic E-state index is 10.4. The van der Waals surface area contributed by atoms with Gasteiger partial charge in [0.2, 0.25) is 0 Å². The molecule has 24 heavy (non-hydrogen) atoms. The van der Waals surface area contributed by atoms with Crippen LogP contribution in [-0.2, 0) is 19.4 Å². The third-order valence-corrected chi connectivity index (χ3v) is 5.46. The number of benzene rings is 1. The first-order valence-corrected chi connectivity index (χ1v) is 10.2. The van der Waals surface area contributed by atoms with Crippen LogP contribution in [0.1, 0.15) is 57.9 Å². The second-order valence-electron chi connectivity index (χ2n) is 5.52. The number of carbonyl (C=O) groups is 1. The molecule has 0 spiro atoms. The molecule has 0 aliphatic heterocycles. The molecule has 132 valence electrons. The van der Waals surface area contributed by atoms with Crippen molar-refractivity contribution in [2.45, 2.75) is 53.0 Å². The Hall–Kier alpha value is -0.970. The van der Waals surface area contributed by atoms with Gasteiger partial charge in [-0.05, 0) is 74.5 Å². The van der Waals surface area contributed by atoms with E-state index in [0.29, 0.717) is 0 Å². The zero-order valence-corrected chi connectivity index (χ0v) is 17.5. The van der Waals surface area contributed by atoms with E-state index in [0.717, 1.165) is 22.2 Å². The summed E-state index contributed by atoms with van der Waals surface area (Å²) in [5, 5.41) is 3.13. The predicted molar refractivity (Wildman–Crippen MR) is 109 cm³/mol. The minimum absolute atomic E-state index is 0.900. The van der Waals surface area contributed by atoms with E-state index in [1.165, 1.54) is 47.3 Å². The van der Waals surface area contributed by atoms with Gasteiger partial charge in [-0.1, -0.05) is 35.8 Å². The smallest absolute Gasteiger partial charge is 0.160 e. The molecule has 1 aromatic carbocycles. The van der Waals surface area contributed by atoms with E-state index in [9.17, 15) is 4.79 Å². The van der Waals surface area contributed by atoms with Gasteiger partial charge in [0, 0.05) is 15.9 Å². The van der Waals surface area contributed by atoms with E-state index >= 15 is 0 Å². The van der Waals surface area contributed by atoms with Crippen molar-refractivity contribution in [3.8, 4) is 0 Å². The van der Waals surface area contributed by atoms with Gasteiger partial charge in [0.1, 0.15) is 0 Å². The topological polar surface area (TPSA) is 29.1 Å². The number of carbonyl (C=O) groups excluding carboxylic acids is 1. The van der Waals surface area contributed by atoms with Crippen LogP contribution in [0.25, 0.3) is 0 Å². The highest BCUT2D eigenvalue weighted by molar-refractivity contribution is 9.10. The third-order valence-electron chi connectivity index (χ3n) is 3.80. The van der Waals surface area contributed by atoms with Crippen molar-refractivity contribution in [1.29, 1.82) is 0 Å². The molecule has 0 bridgehead atoms. The first kappa shape index (κ1) is 21.1. The van der Waals surface area contributed by atoms with E-state index in [4.69, 9.17) is 0 Å². The molecule has 1 aliphatic rings. The van der Waals surface area contributed by atoms with E-state index in [-0.39, 0.29) is 0 Å². The average Bonchev–Trinajstić information content (AvgIpc) is 3.03. The summed E-state index contributed by atoms with van der Waals surface area (Å²) >= 11 is 5.09. The van der Waals surface area contributed by atoms with Gasteiger partial charge in [-0.3, -0.25) is 4.79 Å². The molecule has 4 heteroatoms. The number of aldehydes is 1. The maximum atomic E-state index is 10.4. The molecule has 0 saturated heterocycles. The molecule has 3 rings (SSSR count). The molecule has 0 fully saturated rings. The molecule has 0 amide bonds. The zero-order valence-electron chi connectivity index (χ0n) is 15.1. The van der Waals surface area contributed by atoms with Gasteiger partial charge < -0.3 is 5.32 Å². The van der Waals surface area contributed by atoms with Crippen LogP contribution in [0.4, 0.5) is 0 Å². The number of fused-ring (bicyclic) bond motifs is 1. The Bertz CT molecular complexity index is 613. The SMILES string of the molecule is CC.CNCc1ccc(Br)cc1C.O=Cc1cc2c(s1)CCCC2. The fraction of sp³-hybridized carbons (Fsp3) is 0.450. The van der Waals surface area contributed by atoms with Crippen molar-refractivity contribution in [3.63, 3.8) is 0 Å². The Morgan fingerprint density at radius 3 is 2.50 bits per heavy atom. The molecule has 0 saturated carbocycles. The number of aryl methyl sites for hydroxylation is 3. The van der Waals surface area contributed by atoms with Crippen LogP contribution >= 0.6 is 27.3 Å². The summed E-state index contributed by atoms with van der Waals surface area (Å²) in [6.07, 6.45) is 5.92. The zero-order chi connectivity index (χ0) is 17.9. The third kappa shape index (κ3) is 6.50. The highest BCUT2D eigenvalue weighted by Crippen LogP contribution is 2.28. The lowest BCUT2D eigenvalue weighted by molar-refractivity contribution is 0.112.